The summed E-state index contributed by atoms with van der Waals surface area (Å²) < 4.78 is 5.28. The Labute approximate surface area is 144 Å². The molecule has 1 aromatic carbocycles. The second-order valence-corrected chi connectivity index (χ2v) is 6.92. The molecule has 0 aromatic heterocycles. The maximum Gasteiger partial charge on any atom is 0.166 e. The molecule has 1 saturated heterocycles. The number of rotatable bonds is 6. The first kappa shape index (κ1) is 16.5. The number of nitrogens with one attached hydrogen (secondary N) is 2. The average molecular weight is 334 g/mol. The Hall–Kier alpha value is -1.33. The molecular weight excluding hydrogens is 306 g/mol. The van der Waals surface area contributed by atoms with E-state index >= 15 is 0 Å². The van der Waals surface area contributed by atoms with Gasteiger partial charge in [-0.25, -0.2) is 0 Å². The topological polar surface area (TPSA) is 36.5 Å². The van der Waals surface area contributed by atoms with Gasteiger partial charge in [-0.1, -0.05) is 18.6 Å². The zero-order chi connectivity index (χ0) is 16.1. The van der Waals surface area contributed by atoms with E-state index in [0.717, 1.165) is 17.4 Å². The van der Waals surface area contributed by atoms with Crippen molar-refractivity contribution in [1.29, 1.82) is 0 Å². The summed E-state index contributed by atoms with van der Waals surface area (Å²) >= 11 is 5.42. The second kappa shape index (κ2) is 7.97. The third-order valence-corrected chi connectivity index (χ3v) is 4.96. The molecule has 1 aliphatic carbocycles. The van der Waals surface area contributed by atoms with Gasteiger partial charge >= 0.3 is 0 Å². The number of piperidine rings is 1. The molecule has 1 atom stereocenters. The van der Waals surface area contributed by atoms with Crippen LogP contribution in [0.25, 0.3) is 0 Å². The lowest BCUT2D eigenvalue weighted by Crippen LogP contribution is -2.44. The van der Waals surface area contributed by atoms with E-state index < -0.39 is 0 Å². The molecule has 23 heavy (non-hydrogen) atoms. The van der Waals surface area contributed by atoms with Gasteiger partial charge in [0.1, 0.15) is 5.75 Å². The van der Waals surface area contributed by atoms with Gasteiger partial charge in [-0.2, -0.15) is 0 Å². The minimum absolute atomic E-state index is 0.361. The second-order valence-electron chi connectivity index (χ2n) is 6.51. The average Bonchev–Trinajstić information content (AvgIpc) is 3.40. The normalized spacial score (nSPS) is 19.9. The lowest BCUT2D eigenvalue weighted by molar-refractivity contribution is 0.164. The molecule has 1 unspecified atom stereocenters. The molecule has 0 amide bonds. The van der Waals surface area contributed by atoms with Gasteiger partial charge in [0.05, 0.1) is 13.2 Å². The number of likely N-dealkylation sites (tertiary alicyclic amines) is 1. The van der Waals surface area contributed by atoms with Gasteiger partial charge in [-0.05, 0) is 68.7 Å². The maximum atomic E-state index is 5.42. The van der Waals surface area contributed by atoms with Crippen LogP contribution in [0.1, 0.15) is 43.7 Å². The summed E-state index contributed by atoms with van der Waals surface area (Å²) in [7, 11) is 1.71. The van der Waals surface area contributed by atoms with Crippen LogP contribution in [-0.2, 0) is 0 Å². The molecule has 1 heterocycles. The zero-order valence-corrected chi connectivity index (χ0v) is 14.7. The Morgan fingerprint density at radius 2 is 1.91 bits per heavy atom. The lowest BCUT2D eigenvalue weighted by atomic mass is 10.0. The number of methoxy groups -OCH3 is 1. The molecule has 2 N–H and O–H groups in total. The first-order valence-corrected chi connectivity index (χ1v) is 9.09. The van der Waals surface area contributed by atoms with E-state index in [1.54, 1.807) is 7.11 Å². The van der Waals surface area contributed by atoms with Crippen molar-refractivity contribution in [3.05, 3.63) is 29.8 Å². The predicted molar refractivity (Wildman–Crippen MR) is 97.9 cm³/mol. The SMILES string of the molecule is COc1ccc(C(CNC(=S)NC2CC2)N2CCCCC2)cc1. The Balaban J connectivity index is 1.65. The summed E-state index contributed by atoms with van der Waals surface area (Å²) in [4.78, 5) is 2.58. The number of benzene rings is 1. The Kier molecular flexibility index (Phi) is 5.73. The van der Waals surface area contributed by atoms with Crippen molar-refractivity contribution in [3.63, 3.8) is 0 Å². The number of hydrogen-bond donors (Lipinski definition) is 2. The molecule has 2 fully saturated rings. The van der Waals surface area contributed by atoms with Gasteiger partial charge in [-0.15, -0.1) is 0 Å². The third kappa shape index (κ3) is 4.82. The number of ether oxygens (including phenoxy) is 1. The summed E-state index contributed by atoms with van der Waals surface area (Å²) in [5.74, 6) is 0.907. The molecular formula is C18H27N3OS. The van der Waals surface area contributed by atoms with E-state index in [9.17, 15) is 0 Å². The highest BCUT2D eigenvalue weighted by molar-refractivity contribution is 7.80. The highest BCUT2D eigenvalue weighted by Crippen LogP contribution is 2.26. The Morgan fingerprint density at radius 1 is 1.22 bits per heavy atom. The Morgan fingerprint density at radius 3 is 2.52 bits per heavy atom. The molecule has 1 aliphatic heterocycles. The molecule has 0 radical (unpaired) electrons. The number of hydrogen-bond acceptors (Lipinski definition) is 3. The van der Waals surface area contributed by atoms with E-state index in [-0.39, 0.29) is 0 Å². The summed E-state index contributed by atoms with van der Waals surface area (Å²) in [6, 6.07) is 9.42. The minimum Gasteiger partial charge on any atom is -0.497 e. The lowest BCUT2D eigenvalue weighted by Gasteiger charge is -2.35. The van der Waals surface area contributed by atoms with Crippen LogP contribution in [0.15, 0.2) is 24.3 Å². The van der Waals surface area contributed by atoms with Crippen LogP contribution in [0, 0.1) is 0 Å². The molecule has 0 bridgehead atoms. The smallest absolute Gasteiger partial charge is 0.166 e. The summed E-state index contributed by atoms with van der Waals surface area (Å²) in [6.07, 6.45) is 6.42. The van der Waals surface area contributed by atoms with Gasteiger partial charge in [-0.3, -0.25) is 4.90 Å². The third-order valence-electron chi connectivity index (χ3n) is 4.70. The summed E-state index contributed by atoms with van der Waals surface area (Å²) in [6.45, 7) is 3.19. The van der Waals surface area contributed by atoms with Crippen molar-refractivity contribution in [2.24, 2.45) is 0 Å². The fourth-order valence-corrected chi connectivity index (χ4v) is 3.42. The van der Waals surface area contributed by atoms with Gasteiger partial charge < -0.3 is 15.4 Å². The highest BCUT2D eigenvalue weighted by atomic mass is 32.1. The van der Waals surface area contributed by atoms with Crippen LogP contribution < -0.4 is 15.4 Å². The largest absolute Gasteiger partial charge is 0.497 e. The van der Waals surface area contributed by atoms with E-state index in [1.807, 2.05) is 12.1 Å². The molecule has 4 nitrogen and oxygen atoms in total. The standard InChI is InChI=1S/C18H27N3OS/c1-22-16-9-5-14(6-10-16)17(21-11-3-2-4-12-21)13-19-18(23)20-15-7-8-15/h5-6,9-10,15,17H,2-4,7-8,11-13H2,1H3,(H2,19,20,23). The first-order chi connectivity index (χ1) is 11.3. The monoisotopic (exact) mass is 333 g/mol. The van der Waals surface area contributed by atoms with Gasteiger partial charge in [0, 0.05) is 12.6 Å². The fraction of sp³-hybridized carbons (Fsp3) is 0.611. The molecule has 1 saturated carbocycles. The molecule has 1 aromatic rings. The van der Waals surface area contributed by atoms with Crippen molar-refractivity contribution in [1.82, 2.24) is 15.5 Å². The van der Waals surface area contributed by atoms with Crippen LogP contribution in [0.2, 0.25) is 0 Å². The van der Waals surface area contributed by atoms with Gasteiger partial charge in [0.2, 0.25) is 0 Å². The first-order valence-electron chi connectivity index (χ1n) is 8.68. The van der Waals surface area contributed by atoms with Crippen LogP contribution in [0.4, 0.5) is 0 Å². The van der Waals surface area contributed by atoms with E-state index in [0.29, 0.717) is 12.1 Å². The van der Waals surface area contributed by atoms with Gasteiger partial charge in [0.25, 0.3) is 0 Å². The van der Waals surface area contributed by atoms with Crippen LogP contribution >= 0.6 is 12.2 Å². The van der Waals surface area contributed by atoms with Crippen LogP contribution in [0.5, 0.6) is 5.75 Å². The quantitative estimate of drug-likeness (QED) is 0.783. The van der Waals surface area contributed by atoms with Crippen molar-refractivity contribution in [2.75, 3.05) is 26.7 Å². The molecule has 126 valence electrons. The zero-order valence-electron chi connectivity index (χ0n) is 13.9. The fourth-order valence-electron chi connectivity index (χ4n) is 3.17. The number of nitrogens with zero attached hydrogens (tertiary/aromatic N) is 1. The van der Waals surface area contributed by atoms with E-state index in [2.05, 4.69) is 27.7 Å². The van der Waals surface area contributed by atoms with Crippen LogP contribution in [0.3, 0.4) is 0 Å². The summed E-state index contributed by atoms with van der Waals surface area (Å²) in [5.41, 5.74) is 1.33. The van der Waals surface area contributed by atoms with Crippen molar-refractivity contribution in [2.45, 2.75) is 44.2 Å². The molecule has 5 heteroatoms. The van der Waals surface area contributed by atoms with Crippen molar-refractivity contribution >= 4 is 17.3 Å². The van der Waals surface area contributed by atoms with Crippen molar-refractivity contribution < 1.29 is 4.74 Å². The van der Waals surface area contributed by atoms with Gasteiger partial charge in [0.15, 0.2) is 5.11 Å². The van der Waals surface area contributed by atoms with Crippen LogP contribution in [-0.4, -0.2) is 42.8 Å². The predicted octanol–water partition coefficient (Wildman–Crippen LogP) is 2.85. The maximum absolute atomic E-state index is 5.42. The Bertz CT molecular complexity index is 510. The summed E-state index contributed by atoms with van der Waals surface area (Å²) in [5, 5.41) is 7.58. The van der Waals surface area contributed by atoms with Crippen molar-refractivity contribution in [3.8, 4) is 5.75 Å². The molecule has 3 rings (SSSR count). The number of thiocarbonyl (C=S) groups is 1. The molecule has 2 aliphatic rings. The minimum atomic E-state index is 0.361. The highest BCUT2D eigenvalue weighted by Gasteiger charge is 2.24. The van der Waals surface area contributed by atoms with E-state index in [1.165, 1.54) is 50.8 Å². The van der Waals surface area contributed by atoms with E-state index in [4.69, 9.17) is 17.0 Å². The molecule has 0 spiro atoms.